The molecule has 1 aliphatic rings. The molecule has 2 aromatic carbocycles. The Kier molecular flexibility index (Phi) is 3.97. The van der Waals surface area contributed by atoms with Crippen molar-refractivity contribution in [2.24, 2.45) is 0 Å². The number of nitrogens with zero attached hydrogens (tertiary/aromatic N) is 2. The molecule has 0 spiro atoms. The lowest BCUT2D eigenvalue weighted by Gasteiger charge is -2.10. The minimum atomic E-state index is -0.0682. The Morgan fingerprint density at radius 3 is 2.96 bits per heavy atom. The molecule has 140 valence electrons. The van der Waals surface area contributed by atoms with Crippen molar-refractivity contribution < 1.29 is 4.79 Å². The Bertz CT molecular complexity index is 1210. The van der Waals surface area contributed by atoms with Gasteiger partial charge in [-0.1, -0.05) is 6.07 Å². The van der Waals surface area contributed by atoms with E-state index in [9.17, 15) is 4.79 Å². The molecule has 0 saturated heterocycles. The van der Waals surface area contributed by atoms with E-state index in [1.165, 1.54) is 29.5 Å². The molecule has 6 nitrogen and oxygen atoms in total. The fourth-order valence-corrected chi connectivity index (χ4v) is 4.04. The van der Waals surface area contributed by atoms with Gasteiger partial charge in [-0.2, -0.15) is 0 Å². The van der Waals surface area contributed by atoms with Gasteiger partial charge in [-0.3, -0.25) is 4.79 Å². The van der Waals surface area contributed by atoms with E-state index in [1.807, 2.05) is 36.4 Å². The van der Waals surface area contributed by atoms with Gasteiger partial charge in [-0.15, -0.1) is 0 Å². The summed E-state index contributed by atoms with van der Waals surface area (Å²) in [5.41, 5.74) is 11.9. The van der Waals surface area contributed by atoms with Crippen LogP contribution in [0, 0.1) is 0 Å². The van der Waals surface area contributed by atoms with Crippen LogP contribution in [0.25, 0.3) is 21.8 Å². The molecule has 2 heterocycles. The molecule has 28 heavy (non-hydrogen) atoms. The van der Waals surface area contributed by atoms with Crippen molar-refractivity contribution in [2.75, 3.05) is 5.73 Å². The van der Waals surface area contributed by atoms with Gasteiger partial charge in [-0.05, 0) is 67.1 Å². The molecule has 1 aliphatic carbocycles. The number of hydrogen-bond acceptors (Lipinski definition) is 4. The summed E-state index contributed by atoms with van der Waals surface area (Å²) in [6, 6.07) is 11.7. The lowest BCUT2D eigenvalue weighted by atomic mass is 9.95. The average Bonchev–Trinajstić information content (AvgIpc) is 3.10. The van der Waals surface area contributed by atoms with Crippen molar-refractivity contribution in [3.8, 4) is 0 Å². The SMILES string of the molecule is Nc1ncc2cc(CNC(=O)c3ccc4[nH]c5c(c4c3)CCCC5)ccc2n1. The number of aryl methyl sites for hydroxylation is 2. The molecule has 6 heteroatoms. The fourth-order valence-electron chi connectivity index (χ4n) is 4.04. The lowest BCUT2D eigenvalue weighted by molar-refractivity contribution is 0.0951. The minimum Gasteiger partial charge on any atom is -0.368 e. The van der Waals surface area contributed by atoms with Gasteiger partial charge in [0.05, 0.1) is 5.52 Å². The number of aromatic nitrogens is 3. The maximum atomic E-state index is 12.7. The highest BCUT2D eigenvalue weighted by molar-refractivity contribution is 5.99. The first-order chi connectivity index (χ1) is 13.7. The zero-order chi connectivity index (χ0) is 19.1. The number of fused-ring (bicyclic) bond motifs is 4. The summed E-state index contributed by atoms with van der Waals surface area (Å²) in [7, 11) is 0. The molecule has 0 unspecified atom stereocenters. The van der Waals surface area contributed by atoms with Crippen molar-refractivity contribution >= 4 is 33.7 Å². The first kappa shape index (κ1) is 16.7. The highest BCUT2D eigenvalue weighted by atomic mass is 16.1. The summed E-state index contributed by atoms with van der Waals surface area (Å²) in [5.74, 6) is 0.192. The number of aromatic amines is 1. The fraction of sp³-hybridized carbons (Fsp3) is 0.227. The molecule has 5 rings (SSSR count). The van der Waals surface area contributed by atoms with Crippen LogP contribution in [0.15, 0.2) is 42.6 Å². The van der Waals surface area contributed by atoms with E-state index in [2.05, 4.69) is 20.3 Å². The van der Waals surface area contributed by atoms with Crippen molar-refractivity contribution in [1.82, 2.24) is 20.3 Å². The predicted molar refractivity (Wildman–Crippen MR) is 110 cm³/mol. The molecule has 1 amide bonds. The largest absolute Gasteiger partial charge is 0.368 e. The van der Waals surface area contributed by atoms with Gasteiger partial charge in [0, 0.05) is 40.3 Å². The number of anilines is 1. The van der Waals surface area contributed by atoms with E-state index in [4.69, 9.17) is 5.73 Å². The molecule has 4 N–H and O–H groups in total. The number of nitrogens with two attached hydrogens (primary N) is 1. The van der Waals surface area contributed by atoms with Gasteiger partial charge in [-0.25, -0.2) is 9.97 Å². The van der Waals surface area contributed by atoms with E-state index in [1.54, 1.807) is 6.20 Å². The zero-order valence-corrected chi connectivity index (χ0v) is 15.5. The summed E-state index contributed by atoms with van der Waals surface area (Å²) in [4.78, 5) is 24.4. The molecule has 0 atom stereocenters. The first-order valence-corrected chi connectivity index (χ1v) is 9.60. The number of H-pyrrole nitrogens is 1. The normalized spacial score (nSPS) is 13.6. The Morgan fingerprint density at radius 2 is 2.04 bits per heavy atom. The summed E-state index contributed by atoms with van der Waals surface area (Å²) < 4.78 is 0. The molecule has 2 aromatic heterocycles. The van der Waals surface area contributed by atoms with E-state index >= 15 is 0 Å². The predicted octanol–water partition coefficient (Wildman–Crippen LogP) is 3.50. The summed E-state index contributed by atoms with van der Waals surface area (Å²) >= 11 is 0. The van der Waals surface area contributed by atoms with Crippen LogP contribution >= 0.6 is 0 Å². The molecule has 0 radical (unpaired) electrons. The third-order valence-corrected chi connectivity index (χ3v) is 5.48. The van der Waals surface area contributed by atoms with E-state index in [-0.39, 0.29) is 11.9 Å². The third kappa shape index (κ3) is 2.97. The van der Waals surface area contributed by atoms with Crippen LogP contribution in [0.5, 0.6) is 0 Å². The van der Waals surface area contributed by atoms with Gasteiger partial charge >= 0.3 is 0 Å². The Morgan fingerprint density at radius 1 is 1.14 bits per heavy atom. The van der Waals surface area contributed by atoms with Crippen LogP contribution in [0.3, 0.4) is 0 Å². The topological polar surface area (TPSA) is 96.7 Å². The van der Waals surface area contributed by atoms with Gasteiger partial charge < -0.3 is 16.0 Å². The third-order valence-electron chi connectivity index (χ3n) is 5.48. The van der Waals surface area contributed by atoms with Crippen LogP contribution in [-0.2, 0) is 19.4 Å². The minimum absolute atomic E-state index is 0.0682. The van der Waals surface area contributed by atoms with Gasteiger partial charge in [0.15, 0.2) is 0 Å². The quantitative estimate of drug-likeness (QED) is 0.513. The number of benzene rings is 2. The second-order valence-electron chi connectivity index (χ2n) is 7.35. The monoisotopic (exact) mass is 371 g/mol. The molecule has 0 fully saturated rings. The summed E-state index contributed by atoms with van der Waals surface area (Å²) in [6.45, 7) is 0.447. The Hall–Kier alpha value is -3.41. The van der Waals surface area contributed by atoms with Crippen molar-refractivity contribution in [3.63, 3.8) is 0 Å². The number of carbonyl (C=O) groups is 1. The highest BCUT2D eigenvalue weighted by Gasteiger charge is 2.16. The van der Waals surface area contributed by atoms with Crippen molar-refractivity contribution in [3.05, 3.63) is 65.0 Å². The standard InChI is InChI=1S/C22H21N5O/c23-22-25-12-15-9-13(5-7-18(15)27-22)11-24-21(28)14-6-8-20-17(10-14)16-3-1-2-4-19(16)26-20/h5-10,12,26H,1-4,11H2,(H,24,28)(H2,23,25,27). The highest BCUT2D eigenvalue weighted by Crippen LogP contribution is 2.29. The number of amides is 1. The second-order valence-corrected chi connectivity index (χ2v) is 7.35. The van der Waals surface area contributed by atoms with E-state index in [0.717, 1.165) is 34.8 Å². The second kappa shape index (κ2) is 6.64. The number of nitrogens with one attached hydrogen (secondary N) is 2. The maximum absolute atomic E-state index is 12.7. The van der Waals surface area contributed by atoms with Crippen LogP contribution in [-0.4, -0.2) is 20.9 Å². The molecular weight excluding hydrogens is 350 g/mol. The molecule has 0 bridgehead atoms. The molecule has 0 aliphatic heterocycles. The number of rotatable bonds is 3. The summed E-state index contributed by atoms with van der Waals surface area (Å²) in [5, 5.41) is 5.10. The van der Waals surface area contributed by atoms with Gasteiger partial charge in [0.2, 0.25) is 5.95 Å². The van der Waals surface area contributed by atoms with Gasteiger partial charge in [0.1, 0.15) is 0 Å². The molecule has 0 saturated carbocycles. The Labute approximate surface area is 162 Å². The van der Waals surface area contributed by atoms with Crippen LogP contribution in [0.1, 0.15) is 40.0 Å². The van der Waals surface area contributed by atoms with Crippen molar-refractivity contribution in [1.29, 1.82) is 0 Å². The first-order valence-electron chi connectivity index (χ1n) is 9.60. The van der Waals surface area contributed by atoms with Crippen LogP contribution < -0.4 is 11.1 Å². The number of hydrogen-bond donors (Lipinski definition) is 3. The smallest absolute Gasteiger partial charge is 0.251 e. The number of nitrogen functional groups attached to an aromatic ring is 1. The maximum Gasteiger partial charge on any atom is 0.251 e. The van der Waals surface area contributed by atoms with E-state index in [0.29, 0.717) is 12.1 Å². The lowest BCUT2D eigenvalue weighted by Crippen LogP contribution is -2.22. The molecule has 4 aromatic rings. The van der Waals surface area contributed by atoms with E-state index < -0.39 is 0 Å². The van der Waals surface area contributed by atoms with Crippen LogP contribution in [0.4, 0.5) is 5.95 Å². The number of carbonyl (C=O) groups excluding carboxylic acids is 1. The van der Waals surface area contributed by atoms with Crippen LogP contribution in [0.2, 0.25) is 0 Å². The average molecular weight is 371 g/mol. The zero-order valence-electron chi connectivity index (χ0n) is 15.5. The Balaban J connectivity index is 1.36. The van der Waals surface area contributed by atoms with Gasteiger partial charge in [0.25, 0.3) is 5.91 Å². The molecular formula is C22H21N5O. The van der Waals surface area contributed by atoms with Crippen molar-refractivity contribution in [2.45, 2.75) is 32.2 Å². The summed E-state index contributed by atoms with van der Waals surface area (Å²) in [6.07, 6.45) is 6.34.